The van der Waals surface area contributed by atoms with Crippen molar-refractivity contribution in [1.82, 2.24) is 0 Å². The van der Waals surface area contributed by atoms with Crippen molar-refractivity contribution in [2.24, 2.45) is 0 Å². The molecule has 8 heteroatoms. The van der Waals surface area contributed by atoms with Crippen molar-refractivity contribution in [3.63, 3.8) is 0 Å². The van der Waals surface area contributed by atoms with E-state index in [0.717, 1.165) is 55.3 Å². The summed E-state index contributed by atoms with van der Waals surface area (Å²) in [5.74, 6) is 0.565. The number of rotatable bonds is 11. The van der Waals surface area contributed by atoms with Crippen LogP contribution in [-0.2, 0) is 20.6 Å². The maximum atomic E-state index is 13.0. The summed E-state index contributed by atoms with van der Waals surface area (Å²) in [5, 5.41) is 22.3. The average molecular weight is 733 g/mol. The van der Waals surface area contributed by atoms with E-state index in [1.807, 2.05) is 91.0 Å². The Balaban J connectivity index is 1.50. The van der Waals surface area contributed by atoms with E-state index in [1.54, 1.807) is 21.3 Å². The molecular formula is C47H40O8. The third-order valence-corrected chi connectivity index (χ3v) is 11.2. The molecule has 55 heavy (non-hydrogen) atoms. The molecule has 6 aromatic rings. The second-order valence-electron chi connectivity index (χ2n) is 14.3. The Morgan fingerprint density at radius 2 is 1.27 bits per heavy atom. The summed E-state index contributed by atoms with van der Waals surface area (Å²) >= 11 is 0. The number of carboxylic acids is 2. The van der Waals surface area contributed by atoms with Crippen molar-refractivity contribution in [2.45, 2.75) is 37.2 Å². The van der Waals surface area contributed by atoms with Gasteiger partial charge >= 0.3 is 11.9 Å². The molecule has 1 unspecified atom stereocenters. The number of methoxy groups -OCH3 is 3. The molecule has 0 spiro atoms. The van der Waals surface area contributed by atoms with Gasteiger partial charge in [-0.3, -0.25) is 9.59 Å². The molecule has 6 aromatic carbocycles. The number of aliphatic carboxylic acids is 2. The highest BCUT2D eigenvalue weighted by atomic mass is 16.5. The fourth-order valence-electron chi connectivity index (χ4n) is 8.53. The lowest BCUT2D eigenvalue weighted by Crippen LogP contribution is -2.36. The highest BCUT2D eigenvalue weighted by molar-refractivity contribution is 6.11. The van der Waals surface area contributed by atoms with E-state index in [4.69, 9.17) is 18.9 Å². The lowest BCUT2D eigenvalue weighted by Gasteiger charge is -2.41. The number of hydrogen-bond donors (Lipinski definition) is 2. The number of carboxylic acid groups (broad SMARTS) is 2. The van der Waals surface area contributed by atoms with Gasteiger partial charge in [0.05, 0.1) is 27.8 Å². The van der Waals surface area contributed by atoms with Crippen molar-refractivity contribution in [3.05, 3.63) is 149 Å². The number of fused-ring (bicyclic) bond motifs is 8. The molecule has 0 saturated heterocycles. The molecule has 8 rings (SSSR count). The maximum Gasteiger partial charge on any atom is 0.307 e. The summed E-state index contributed by atoms with van der Waals surface area (Å²) in [7, 11) is 4.84. The highest BCUT2D eigenvalue weighted by Crippen LogP contribution is 2.62. The van der Waals surface area contributed by atoms with Gasteiger partial charge in [-0.15, -0.1) is 0 Å². The average Bonchev–Trinajstić information content (AvgIpc) is 3.47. The van der Waals surface area contributed by atoms with Gasteiger partial charge in [-0.05, 0) is 105 Å². The van der Waals surface area contributed by atoms with Crippen LogP contribution in [0.4, 0.5) is 0 Å². The lowest BCUT2D eigenvalue weighted by atomic mass is 9.70. The number of benzene rings is 6. The van der Waals surface area contributed by atoms with Gasteiger partial charge in [0.1, 0.15) is 23.0 Å². The van der Waals surface area contributed by atoms with Crippen LogP contribution in [0.2, 0.25) is 0 Å². The zero-order valence-electron chi connectivity index (χ0n) is 31.0. The Morgan fingerprint density at radius 3 is 1.85 bits per heavy atom. The summed E-state index contributed by atoms with van der Waals surface area (Å²) < 4.78 is 24.3. The summed E-state index contributed by atoms with van der Waals surface area (Å²) in [5.41, 5.74) is 6.35. The minimum absolute atomic E-state index is 0.101. The molecule has 0 radical (unpaired) electrons. The fourth-order valence-corrected chi connectivity index (χ4v) is 8.53. The first-order valence-corrected chi connectivity index (χ1v) is 18.1. The monoisotopic (exact) mass is 732 g/mol. The van der Waals surface area contributed by atoms with Gasteiger partial charge in [-0.25, -0.2) is 0 Å². The van der Waals surface area contributed by atoms with E-state index < -0.39 is 23.0 Å². The molecule has 1 heterocycles. The van der Waals surface area contributed by atoms with Gasteiger partial charge in [0.15, 0.2) is 5.60 Å². The third-order valence-electron chi connectivity index (χ3n) is 11.2. The highest BCUT2D eigenvalue weighted by Gasteiger charge is 2.48. The third kappa shape index (κ3) is 5.85. The fraction of sp³-hybridized carbons (Fsp3) is 0.191. The Kier molecular flexibility index (Phi) is 8.84. The number of ether oxygens (including phenoxy) is 4. The molecule has 1 atom stereocenters. The van der Waals surface area contributed by atoms with Crippen LogP contribution in [-0.4, -0.2) is 43.5 Å². The van der Waals surface area contributed by atoms with E-state index in [9.17, 15) is 19.8 Å². The van der Waals surface area contributed by atoms with Gasteiger partial charge in [0.2, 0.25) is 0 Å². The zero-order chi connectivity index (χ0) is 38.5. The van der Waals surface area contributed by atoms with Gasteiger partial charge < -0.3 is 29.2 Å². The lowest BCUT2D eigenvalue weighted by molar-refractivity contribution is -0.137. The molecule has 0 amide bonds. The van der Waals surface area contributed by atoms with Gasteiger partial charge in [-0.2, -0.15) is 0 Å². The normalized spacial score (nSPS) is 16.3. The van der Waals surface area contributed by atoms with Crippen LogP contribution < -0.4 is 18.9 Å². The topological polar surface area (TPSA) is 112 Å². The Bertz CT molecular complexity index is 2450. The Hall–Kier alpha value is -6.54. The standard InChI is InChI=1S/C47H40O8/c1-46(23-22-40(48)49)39-24-29(28-8-6-5-7-9-28)10-20-37(39)43-38-26-35(54-4)19-21-36(38)45-42(44(43)46)30(25-41(50)51)27-47(55-45,31-11-15-33(52-2)16-12-31)32-13-17-34(53-3)18-14-32/h5-21,24,26-27H,22-23,25H2,1-4H3,(H,48,49)(H,50,51). The first-order valence-electron chi connectivity index (χ1n) is 18.1. The van der Waals surface area contributed by atoms with Crippen LogP contribution in [0, 0.1) is 0 Å². The SMILES string of the molecule is COc1ccc(C2(c3ccc(OC)cc3)C=C(CC(=O)O)c3c4c(c5cc(OC)ccc5c3O2)-c2ccc(-c3ccccc3)cc2C4(C)CCC(=O)O)cc1. The van der Waals surface area contributed by atoms with E-state index in [-0.39, 0.29) is 19.3 Å². The van der Waals surface area contributed by atoms with Gasteiger partial charge in [-0.1, -0.05) is 73.7 Å². The molecule has 2 N–H and O–H groups in total. The predicted octanol–water partition coefficient (Wildman–Crippen LogP) is 9.88. The van der Waals surface area contributed by atoms with Crippen molar-refractivity contribution in [1.29, 1.82) is 0 Å². The molecule has 0 aromatic heterocycles. The molecule has 0 bridgehead atoms. The summed E-state index contributed by atoms with van der Waals surface area (Å²) in [6, 6.07) is 37.4. The van der Waals surface area contributed by atoms with Crippen LogP contribution in [0.1, 0.15) is 54.0 Å². The molecule has 0 fully saturated rings. The van der Waals surface area contributed by atoms with Crippen LogP contribution in [0.15, 0.2) is 121 Å². The Labute approximate surface area is 319 Å². The largest absolute Gasteiger partial charge is 0.497 e. The van der Waals surface area contributed by atoms with Crippen LogP contribution >= 0.6 is 0 Å². The zero-order valence-corrected chi connectivity index (χ0v) is 31.0. The first kappa shape index (κ1) is 35.5. The molecule has 276 valence electrons. The summed E-state index contributed by atoms with van der Waals surface area (Å²) in [6.07, 6.45) is 1.79. The Morgan fingerprint density at radius 1 is 0.655 bits per heavy atom. The summed E-state index contributed by atoms with van der Waals surface area (Å²) in [4.78, 5) is 25.3. The molecule has 1 aliphatic carbocycles. The molecule has 1 aliphatic heterocycles. The van der Waals surface area contributed by atoms with Crippen molar-refractivity contribution in [2.75, 3.05) is 21.3 Å². The summed E-state index contributed by atoms with van der Waals surface area (Å²) in [6.45, 7) is 2.08. The number of carbonyl (C=O) groups is 2. The van der Waals surface area contributed by atoms with E-state index >= 15 is 0 Å². The predicted molar refractivity (Wildman–Crippen MR) is 212 cm³/mol. The van der Waals surface area contributed by atoms with Crippen molar-refractivity contribution >= 4 is 28.3 Å². The van der Waals surface area contributed by atoms with Crippen LogP contribution in [0.25, 0.3) is 38.6 Å². The van der Waals surface area contributed by atoms with Crippen LogP contribution in [0.5, 0.6) is 23.0 Å². The maximum absolute atomic E-state index is 13.0. The molecule has 8 nitrogen and oxygen atoms in total. The molecular weight excluding hydrogens is 693 g/mol. The van der Waals surface area contributed by atoms with Crippen molar-refractivity contribution in [3.8, 4) is 45.3 Å². The number of hydrogen-bond acceptors (Lipinski definition) is 6. The molecule has 0 saturated carbocycles. The van der Waals surface area contributed by atoms with E-state index in [0.29, 0.717) is 34.1 Å². The van der Waals surface area contributed by atoms with E-state index in [2.05, 4.69) is 37.3 Å². The van der Waals surface area contributed by atoms with Gasteiger partial charge in [0, 0.05) is 33.9 Å². The second kappa shape index (κ2) is 13.7. The van der Waals surface area contributed by atoms with E-state index in [1.165, 1.54) is 0 Å². The minimum atomic E-state index is -1.28. The molecule has 2 aliphatic rings. The van der Waals surface area contributed by atoms with Crippen LogP contribution in [0.3, 0.4) is 0 Å². The minimum Gasteiger partial charge on any atom is -0.497 e. The quantitative estimate of drug-likeness (QED) is 0.135. The van der Waals surface area contributed by atoms with Gasteiger partial charge in [0.25, 0.3) is 0 Å². The first-order chi connectivity index (χ1) is 26.6. The van der Waals surface area contributed by atoms with Crippen molar-refractivity contribution < 1.29 is 38.7 Å². The second-order valence-corrected chi connectivity index (χ2v) is 14.3. The smallest absolute Gasteiger partial charge is 0.307 e.